The third kappa shape index (κ3) is 4.39. The fourth-order valence-corrected chi connectivity index (χ4v) is 2.25. The first kappa shape index (κ1) is 17.0. The van der Waals surface area contributed by atoms with E-state index in [2.05, 4.69) is 10.2 Å². The summed E-state index contributed by atoms with van der Waals surface area (Å²) >= 11 is 5.77. The third-order valence-corrected chi connectivity index (χ3v) is 3.52. The van der Waals surface area contributed by atoms with Gasteiger partial charge in [0.2, 0.25) is 0 Å². The minimum absolute atomic E-state index is 0.133. The molecule has 3 aromatic rings. The van der Waals surface area contributed by atoms with Crippen molar-refractivity contribution in [2.75, 3.05) is 6.61 Å². The number of aryl methyl sites for hydroxylation is 2. The summed E-state index contributed by atoms with van der Waals surface area (Å²) in [5.41, 5.74) is 0.716. The minimum atomic E-state index is -0.551. The molecule has 0 N–H and O–H groups in total. The van der Waals surface area contributed by atoms with Crippen molar-refractivity contribution in [2.24, 2.45) is 0 Å². The van der Waals surface area contributed by atoms with E-state index >= 15 is 0 Å². The molecular weight excluding hydrogens is 348 g/mol. The predicted octanol–water partition coefficient (Wildman–Crippen LogP) is 3.72. The van der Waals surface area contributed by atoms with Gasteiger partial charge in [-0.3, -0.25) is 0 Å². The van der Waals surface area contributed by atoms with Gasteiger partial charge in [-0.2, -0.15) is 0 Å². The Morgan fingerprint density at radius 2 is 1.92 bits per heavy atom. The van der Waals surface area contributed by atoms with Gasteiger partial charge in [0.25, 0.3) is 11.8 Å². The van der Waals surface area contributed by atoms with E-state index < -0.39 is 5.97 Å². The van der Waals surface area contributed by atoms with Crippen LogP contribution >= 0.6 is 11.6 Å². The first-order chi connectivity index (χ1) is 12.0. The summed E-state index contributed by atoms with van der Waals surface area (Å²) in [6.07, 6.45) is 0. The van der Waals surface area contributed by atoms with Gasteiger partial charge in [-0.15, -0.1) is 10.2 Å². The smallest absolute Gasteiger partial charge is 0.344 e. The first-order valence-electron chi connectivity index (χ1n) is 7.45. The Morgan fingerprint density at radius 3 is 2.60 bits per heavy atom. The minimum Gasteiger partial charge on any atom is -0.482 e. The molecule has 2 aromatic heterocycles. The number of esters is 1. The van der Waals surface area contributed by atoms with E-state index in [1.807, 2.05) is 6.92 Å². The normalized spacial score (nSPS) is 10.7. The van der Waals surface area contributed by atoms with Crippen molar-refractivity contribution >= 4 is 17.6 Å². The summed E-state index contributed by atoms with van der Waals surface area (Å²) in [5.74, 6) is 1.90. The maximum absolute atomic E-state index is 11.7. The van der Waals surface area contributed by atoms with Crippen LogP contribution in [0.5, 0.6) is 5.75 Å². The first-order valence-corrected chi connectivity index (χ1v) is 7.83. The molecule has 0 saturated heterocycles. The molecule has 3 rings (SSSR count). The van der Waals surface area contributed by atoms with E-state index in [1.165, 1.54) is 0 Å². The summed E-state index contributed by atoms with van der Waals surface area (Å²) in [5, 5.41) is 8.37. The highest BCUT2D eigenvalue weighted by Crippen LogP contribution is 2.25. The van der Waals surface area contributed by atoms with E-state index in [0.29, 0.717) is 28.0 Å². The Kier molecular flexibility index (Phi) is 5.04. The Bertz CT molecular complexity index is 870. The number of carbonyl (C=O) groups is 1. The molecule has 0 atom stereocenters. The molecule has 130 valence electrons. The number of aromatic nitrogens is 2. The molecule has 0 fully saturated rings. The number of carbonyl (C=O) groups excluding carboxylic acids is 1. The van der Waals surface area contributed by atoms with E-state index in [9.17, 15) is 4.79 Å². The molecule has 0 unspecified atom stereocenters. The van der Waals surface area contributed by atoms with Gasteiger partial charge in [-0.25, -0.2) is 4.79 Å². The van der Waals surface area contributed by atoms with Crippen molar-refractivity contribution in [1.29, 1.82) is 0 Å². The molecular formula is C17H15ClN2O5. The molecule has 1 aromatic carbocycles. The fraction of sp³-hybridized carbons (Fsp3) is 0.235. The molecule has 0 spiro atoms. The van der Waals surface area contributed by atoms with E-state index in [0.717, 1.165) is 5.76 Å². The van der Waals surface area contributed by atoms with Crippen molar-refractivity contribution in [3.8, 4) is 17.2 Å². The SMILES string of the molecule is Cc1cc(-c2nnc(COC(=O)COc3ccc(Cl)cc3)o2)c(C)o1. The molecule has 0 amide bonds. The number of halogens is 1. The van der Waals surface area contributed by atoms with Gasteiger partial charge in [-0.05, 0) is 44.2 Å². The molecule has 0 bridgehead atoms. The van der Waals surface area contributed by atoms with Crippen molar-refractivity contribution in [1.82, 2.24) is 10.2 Å². The Labute approximate surface area is 148 Å². The van der Waals surface area contributed by atoms with Crippen molar-refractivity contribution in [3.63, 3.8) is 0 Å². The van der Waals surface area contributed by atoms with E-state index in [1.54, 1.807) is 37.3 Å². The zero-order valence-electron chi connectivity index (χ0n) is 13.6. The highest BCUT2D eigenvalue weighted by Gasteiger charge is 2.15. The van der Waals surface area contributed by atoms with Gasteiger partial charge < -0.3 is 18.3 Å². The molecule has 7 nitrogen and oxygen atoms in total. The lowest BCUT2D eigenvalue weighted by atomic mass is 10.2. The van der Waals surface area contributed by atoms with Crippen molar-refractivity contribution < 1.29 is 23.1 Å². The number of furan rings is 1. The second-order valence-corrected chi connectivity index (χ2v) is 5.67. The van der Waals surface area contributed by atoms with Gasteiger partial charge in [0.05, 0.1) is 5.56 Å². The second-order valence-electron chi connectivity index (χ2n) is 5.23. The monoisotopic (exact) mass is 362 g/mol. The number of benzene rings is 1. The summed E-state index contributed by atoms with van der Waals surface area (Å²) in [6.45, 7) is 3.27. The molecule has 8 heteroatoms. The molecule has 0 aliphatic heterocycles. The van der Waals surface area contributed by atoms with Gasteiger partial charge in [0, 0.05) is 5.02 Å². The largest absolute Gasteiger partial charge is 0.482 e. The molecule has 25 heavy (non-hydrogen) atoms. The third-order valence-electron chi connectivity index (χ3n) is 3.27. The quantitative estimate of drug-likeness (QED) is 0.617. The van der Waals surface area contributed by atoms with Crippen LogP contribution in [0.1, 0.15) is 17.4 Å². The maximum Gasteiger partial charge on any atom is 0.344 e. The van der Waals surface area contributed by atoms with E-state index in [4.69, 9.17) is 29.9 Å². The van der Waals surface area contributed by atoms with Crippen LogP contribution in [0.3, 0.4) is 0 Å². The van der Waals surface area contributed by atoms with Crippen LogP contribution in [0.4, 0.5) is 0 Å². The van der Waals surface area contributed by atoms with Gasteiger partial charge in [-0.1, -0.05) is 11.6 Å². The Morgan fingerprint density at radius 1 is 1.16 bits per heavy atom. The average Bonchev–Trinajstić information content (AvgIpc) is 3.18. The van der Waals surface area contributed by atoms with Gasteiger partial charge in [0.1, 0.15) is 17.3 Å². The highest BCUT2D eigenvalue weighted by atomic mass is 35.5. The number of nitrogens with zero attached hydrogens (tertiary/aromatic N) is 2. The standard InChI is InChI=1S/C17H15ClN2O5/c1-10-7-14(11(2)24-10)17-20-19-15(25-17)8-23-16(21)9-22-13-5-3-12(18)4-6-13/h3-7H,8-9H2,1-2H3. The molecule has 0 saturated carbocycles. The van der Waals surface area contributed by atoms with Crippen LogP contribution in [0.15, 0.2) is 39.2 Å². The van der Waals surface area contributed by atoms with Gasteiger partial charge >= 0.3 is 5.97 Å². The Balaban J connectivity index is 1.51. The van der Waals surface area contributed by atoms with Gasteiger partial charge in [0.15, 0.2) is 13.2 Å². The number of ether oxygens (including phenoxy) is 2. The second kappa shape index (κ2) is 7.40. The maximum atomic E-state index is 11.7. The highest BCUT2D eigenvalue weighted by molar-refractivity contribution is 6.30. The average molecular weight is 363 g/mol. The number of hydrogen-bond donors (Lipinski definition) is 0. The lowest BCUT2D eigenvalue weighted by molar-refractivity contribution is -0.148. The number of hydrogen-bond acceptors (Lipinski definition) is 7. The zero-order chi connectivity index (χ0) is 17.8. The van der Waals surface area contributed by atoms with E-state index in [-0.39, 0.29) is 19.1 Å². The van der Waals surface area contributed by atoms with Crippen LogP contribution in [-0.4, -0.2) is 22.8 Å². The number of rotatable bonds is 6. The van der Waals surface area contributed by atoms with Crippen molar-refractivity contribution in [2.45, 2.75) is 20.5 Å². The fourth-order valence-electron chi connectivity index (χ4n) is 2.12. The van der Waals surface area contributed by atoms with Crippen LogP contribution in [0.2, 0.25) is 5.02 Å². The van der Waals surface area contributed by atoms with Crippen LogP contribution < -0.4 is 4.74 Å². The van der Waals surface area contributed by atoms with Crippen LogP contribution in [-0.2, 0) is 16.1 Å². The summed E-state index contributed by atoms with van der Waals surface area (Å²) in [7, 11) is 0. The topological polar surface area (TPSA) is 87.6 Å². The van der Waals surface area contributed by atoms with Crippen LogP contribution in [0, 0.1) is 13.8 Å². The van der Waals surface area contributed by atoms with Crippen LogP contribution in [0.25, 0.3) is 11.5 Å². The summed E-state index contributed by atoms with van der Waals surface area (Å²) < 4.78 is 21.2. The Hall–Kier alpha value is -2.80. The zero-order valence-corrected chi connectivity index (χ0v) is 14.4. The molecule has 0 aliphatic carbocycles. The summed E-state index contributed by atoms with van der Waals surface area (Å²) in [6, 6.07) is 8.46. The predicted molar refractivity (Wildman–Crippen MR) is 88.2 cm³/mol. The lowest BCUT2D eigenvalue weighted by Gasteiger charge is -2.05. The van der Waals surface area contributed by atoms with Crippen molar-refractivity contribution in [3.05, 3.63) is 52.8 Å². The molecule has 0 radical (unpaired) electrons. The molecule has 2 heterocycles. The summed E-state index contributed by atoms with van der Waals surface area (Å²) in [4.78, 5) is 11.7. The lowest BCUT2D eigenvalue weighted by Crippen LogP contribution is -2.14. The molecule has 0 aliphatic rings.